The molecule has 0 amide bonds. The minimum Gasteiger partial charge on any atom is -0.550 e. The van der Waals surface area contributed by atoms with E-state index in [9.17, 15) is 14.7 Å². The van der Waals surface area contributed by atoms with Crippen LogP contribution in [0.4, 0.5) is 0 Å². The minimum absolute atomic E-state index is 0.103. The van der Waals surface area contributed by atoms with Gasteiger partial charge in [0.05, 0.1) is 6.61 Å². The fourth-order valence-corrected chi connectivity index (χ4v) is 6.30. The second-order valence-electron chi connectivity index (χ2n) is 14.7. The lowest BCUT2D eigenvalue weighted by Gasteiger charge is -2.08. The van der Waals surface area contributed by atoms with Crippen molar-refractivity contribution in [2.75, 3.05) is 13.2 Å². The van der Waals surface area contributed by atoms with Crippen LogP contribution in [0, 0.1) is 0 Å². The zero-order valence-electron chi connectivity index (χ0n) is 33.0. The number of carboxylic acids is 1. The molecular weight excluding hydrogens is 612 g/mol. The molecular formula is C43H85O6-. The van der Waals surface area contributed by atoms with Crippen molar-refractivity contribution in [3.8, 4) is 0 Å². The van der Waals surface area contributed by atoms with Crippen molar-refractivity contribution >= 4 is 11.9 Å². The molecule has 0 aliphatic rings. The van der Waals surface area contributed by atoms with Gasteiger partial charge in [-0.1, -0.05) is 219 Å². The van der Waals surface area contributed by atoms with Crippen LogP contribution in [0.15, 0.2) is 0 Å². The van der Waals surface area contributed by atoms with Crippen molar-refractivity contribution in [2.45, 2.75) is 251 Å². The maximum absolute atomic E-state index is 11.4. The monoisotopic (exact) mass is 698 g/mol. The first kappa shape index (κ1) is 50.0. The summed E-state index contributed by atoms with van der Waals surface area (Å²) in [6, 6.07) is 0. The van der Waals surface area contributed by atoms with E-state index in [0.717, 1.165) is 25.7 Å². The molecule has 0 aromatic heterocycles. The highest BCUT2D eigenvalue weighted by molar-refractivity contribution is 5.69. The van der Waals surface area contributed by atoms with Crippen molar-refractivity contribution in [2.24, 2.45) is 0 Å². The topological polar surface area (TPSA) is 107 Å². The van der Waals surface area contributed by atoms with Crippen molar-refractivity contribution in [1.82, 2.24) is 0 Å². The summed E-state index contributed by atoms with van der Waals surface area (Å²) in [5, 5.41) is 28.0. The molecule has 0 saturated heterocycles. The molecule has 0 bridgehead atoms. The molecule has 0 aromatic rings. The summed E-state index contributed by atoms with van der Waals surface area (Å²) in [6.45, 7) is 4.08. The van der Waals surface area contributed by atoms with Crippen LogP contribution in [-0.2, 0) is 14.3 Å². The Morgan fingerprint density at radius 1 is 0.449 bits per heavy atom. The lowest BCUT2D eigenvalue weighted by atomic mass is 10.0. The molecule has 1 unspecified atom stereocenters. The lowest BCUT2D eigenvalue weighted by Crippen LogP contribution is -2.21. The maximum atomic E-state index is 11.4. The molecule has 0 spiro atoms. The largest absolute Gasteiger partial charge is 0.550 e. The second kappa shape index (κ2) is 44.9. The van der Waals surface area contributed by atoms with Gasteiger partial charge < -0.3 is 24.9 Å². The number of ether oxygens (including phenoxy) is 1. The quantitative estimate of drug-likeness (QED) is 0.0489. The highest BCUT2D eigenvalue weighted by atomic mass is 16.5. The Labute approximate surface area is 305 Å². The van der Waals surface area contributed by atoms with Crippen molar-refractivity contribution < 1.29 is 29.6 Å². The number of carbonyl (C=O) groups is 2. The lowest BCUT2D eigenvalue weighted by molar-refractivity contribution is -0.305. The number of esters is 1. The van der Waals surface area contributed by atoms with Crippen molar-refractivity contribution in [3.05, 3.63) is 0 Å². The number of unbranched alkanes of at least 4 members (excludes halogenated alkanes) is 32. The van der Waals surface area contributed by atoms with Gasteiger partial charge in [0.25, 0.3) is 0 Å². The zero-order chi connectivity index (χ0) is 36.3. The van der Waals surface area contributed by atoms with Gasteiger partial charge in [0, 0.05) is 12.4 Å². The van der Waals surface area contributed by atoms with Gasteiger partial charge in [0.1, 0.15) is 12.7 Å². The van der Waals surface area contributed by atoms with Crippen LogP contribution in [0.5, 0.6) is 0 Å². The van der Waals surface area contributed by atoms with E-state index in [0.29, 0.717) is 6.42 Å². The minimum atomic E-state index is -0.954. The van der Waals surface area contributed by atoms with Gasteiger partial charge >= 0.3 is 5.97 Å². The van der Waals surface area contributed by atoms with Gasteiger partial charge in [0.15, 0.2) is 0 Å². The number of carboxylic acid groups (broad SMARTS) is 1. The number of rotatable bonds is 39. The molecule has 294 valence electrons. The highest BCUT2D eigenvalue weighted by Gasteiger charge is 2.07. The summed E-state index contributed by atoms with van der Waals surface area (Å²) in [6.07, 6.45) is 44.7. The van der Waals surface area contributed by atoms with Gasteiger partial charge in [0.2, 0.25) is 0 Å². The Morgan fingerprint density at radius 3 is 0.939 bits per heavy atom. The molecule has 0 aliphatic heterocycles. The third kappa shape index (κ3) is 49.0. The van der Waals surface area contributed by atoms with Gasteiger partial charge in [-0.3, -0.25) is 4.79 Å². The van der Waals surface area contributed by atoms with E-state index in [1.807, 2.05) is 0 Å². The third-order valence-corrected chi connectivity index (χ3v) is 9.62. The standard InChI is InChI=1S/C23H46O4.C20H40O2/c1-2-3-4-5-6-7-8-9-10-11-12-13-14-15-16-17-18-19-23(26)27-21-22(25)20-24;1-2-3-4-5-6-7-8-9-10-11-12-13-14-15-16-17-18-19-20(21)22/h22,24-25H,2-21H2,1H3;2-19H2,1H3,(H,21,22)/p-1. The van der Waals surface area contributed by atoms with Crippen molar-refractivity contribution in [3.63, 3.8) is 0 Å². The summed E-state index contributed by atoms with van der Waals surface area (Å²) in [7, 11) is 0. The van der Waals surface area contributed by atoms with Gasteiger partial charge in [-0.25, -0.2) is 0 Å². The summed E-state index contributed by atoms with van der Waals surface area (Å²) >= 11 is 0. The number of aliphatic hydroxyl groups excluding tert-OH is 2. The molecule has 0 radical (unpaired) electrons. The predicted molar refractivity (Wildman–Crippen MR) is 207 cm³/mol. The van der Waals surface area contributed by atoms with E-state index in [4.69, 9.17) is 14.9 Å². The average Bonchev–Trinajstić information content (AvgIpc) is 3.10. The zero-order valence-corrected chi connectivity index (χ0v) is 33.0. The van der Waals surface area contributed by atoms with Gasteiger partial charge in [-0.2, -0.15) is 0 Å². The summed E-state index contributed by atoms with van der Waals surface area (Å²) in [5.74, 6) is -1.18. The number of carbonyl (C=O) groups excluding carboxylic acids is 2. The van der Waals surface area contributed by atoms with Crippen LogP contribution in [0.25, 0.3) is 0 Å². The number of hydrogen-bond acceptors (Lipinski definition) is 6. The fraction of sp³-hybridized carbons (Fsp3) is 0.953. The first-order chi connectivity index (χ1) is 24.0. The number of aliphatic carboxylic acids is 1. The van der Waals surface area contributed by atoms with Gasteiger partial charge in [-0.05, 0) is 19.3 Å². The predicted octanol–water partition coefficient (Wildman–Crippen LogP) is 11.7. The molecule has 1 atom stereocenters. The molecule has 0 fully saturated rings. The molecule has 6 heteroatoms. The van der Waals surface area contributed by atoms with Crippen LogP contribution in [0.2, 0.25) is 0 Å². The van der Waals surface area contributed by atoms with Crippen molar-refractivity contribution in [1.29, 1.82) is 0 Å². The van der Waals surface area contributed by atoms with E-state index in [2.05, 4.69) is 13.8 Å². The molecule has 0 aromatic carbocycles. The third-order valence-electron chi connectivity index (χ3n) is 9.62. The van der Waals surface area contributed by atoms with Crippen LogP contribution >= 0.6 is 0 Å². The first-order valence-electron chi connectivity index (χ1n) is 21.6. The summed E-state index contributed by atoms with van der Waals surface area (Å²) in [4.78, 5) is 21.7. The normalized spacial score (nSPS) is 11.7. The molecule has 0 heterocycles. The first-order valence-corrected chi connectivity index (χ1v) is 21.6. The second-order valence-corrected chi connectivity index (χ2v) is 14.7. The van der Waals surface area contributed by atoms with Crippen LogP contribution in [0.1, 0.15) is 245 Å². The SMILES string of the molecule is CCCCCCCCCCCCCCCCCCCC(=O)OCC(O)CO.CCCCCCCCCCCCCCCCCCCC(=O)[O-]. The van der Waals surface area contributed by atoms with Gasteiger partial charge in [-0.15, -0.1) is 0 Å². The Bertz CT molecular complexity index is 640. The maximum Gasteiger partial charge on any atom is 0.305 e. The smallest absolute Gasteiger partial charge is 0.305 e. The molecule has 2 N–H and O–H groups in total. The Kier molecular flexibility index (Phi) is 45.8. The Balaban J connectivity index is 0. The van der Waals surface area contributed by atoms with Crippen LogP contribution in [-0.4, -0.2) is 41.5 Å². The van der Waals surface area contributed by atoms with E-state index < -0.39 is 12.1 Å². The Hall–Kier alpha value is -1.14. The molecule has 49 heavy (non-hydrogen) atoms. The van der Waals surface area contributed by atoms with Crippen LogP contribution in [0.3, 0.4) is 0 Å². The summed E-state index contributed by atoms with van der Waals surface area (Å²) in [5.41, 5.74) is 0. The molecule has 6 nitrogen and oxygen atoms in total. The Morgan fingerprint density at radius 2 is 0.694 bits per heavy atom. The average molecular weight is 698 g/mol. The van der Waals surface area contributed by atoms with E-state index in [1.165, 1.54) is 193 Å². The fourth-order valence-electron chi connectivity index (χ4n) is 6.30. The number of hydrogen-bond donors (Lipinski definition) is 2. The summed E-state index contributed by atoms with van der Waals surface area (Å²) < 4.78 is 4.87. The molecule has 0 rings (SSSR count). The van der Waals surface area contributed by atoms with E-state index >= 15 is 0 Å². The molecule has 0 saturated carbocycles. The highest BCUT2D eigenvalue weighted by Crippen LogP contribution is 2.16. The molecule has 0 aliphatic carbocycles. The van der Waals surface area contributed by atoms with Crippen LogP contribution < -0.4 is 5.11 Å². The van der Waals surface area contributed by atoms with E-state index in [-0.39, 0.29) is 25.6 Å². The number of aliphatic hydroxyl groups is 2. The van der Waals surface area contributed by atoms with E-state index in [1.54, 1.807) is 0 Å².